The molecule has 5 heteroatoms. The Morgan fingerprint density at radius 1 is 1.23 bits per heavy atom. The van der Waals surface area contributed by atoms with Gasteiger partial charge >= 0.3 is 0 Å². The van der Waals surface area contributed by atoms with Crippen molar-refractivity contribution >= 4 is 9.84 Å². The predicted molar refractivity (Wildman–Crippen MR) is 90.8 cm³/mol. The summed E-state index contributed by atoms with van der Waals surface area (Å²) >= 11 is 0. The molecular formula is C17H33NO3S. The molecular weight excluding hydrogens is 298 g/mol. The Kier molecular flexibility index (Phi) is 5.95. The van der Waals surface area contributed by atoms with Gasteiger partial charge in [0, 0.05) is 24.6 Å². The zero-order chi connectivity index (χ0) is 16.4. The molecule has 0 amide bonds. The van der Waals surface area contributed by atoms with Crippen molar-refractivity contribution < 1.29 is 13.2 Å². The lowest BCUT2D eigenvalue weighted by atomic mass is 9.58. The molecule has 1 aliphatic carbocycles. The van der Waals surface area contributed by atoms with Crippen molar-refractivity contribution in [2.24, 2.45) is 11.3 Å². The van der Waals surface area contributed by atoms with Gasteiger partial charge in [-0.1, -0.05) is 13.8 Å². The zero-order valence-corrected chi connectivity index (χ0v) is 15.5. The summed E-state index contributed by atoms with van der Waals surface area (Å²) in [6, 6.07) is 0.531. The fourth-order valence-electron chi connectivity index (χ4n) is 4.75. The summed E-state index contributed by atoms with van der Waals surface area (Å²) in [6.07, 6.45) is 5.61. The third-order valence-electron chi connectivity index (χ3n) is 6.06. The molecule has 1 aliphatic heterocycles. The van der Waals surface area contributed by atoms with Crippen LogP contribution in [0.2, 0.25) is 0 Å². The summed E-state index contributed by atoms with van der Waals surface area (Å²) in [5.74, 6) is 1.07. The van der Waals surface area contributed by atoms with Gasteiger partial charge in [-0.3, -0.25) is 0 Å². The highest BCUT2D eigenvalue weighted by atomic mass is 32.2. The fraction of sp³-hybridized carbons (Fsp3) is 1.00. The average Bonchev–Trinajstić information content (AvgIpc) is 2.43. The van der Waals surface area contributed by atoms with Gasteiger partial charge < -0.3 is 9.64 Å². The maximum Gasteiger partial charge on any atom is 0.150 e. The Hall–Kier alpha value is -0.130. The lowest BCUT2D eigenvalue weighted by Gasteiger charge is -2.58. The normalized spacial score (nSPS) is 33.6. The van der Waals surface area contributed by atoms with Crippen LogP contribution in [0.4, 0.5) is 0 Å². The molecule has 22 heavy (non-hydrogen) atoms. The number of sulfone groups is 1. The summed E-state index contributed by atoms with van der Waals surface area (Å²) in [6.45, 7) is 8.29. The zero-order valence-electron chi connectivity index (χ0n) is 14.7. The van der Waals surface area contributed by atoms with Crippen molar-refractivity contribution in [3.63, 3.8) is 0 Å². The Morgan fingerprint density at radius 3 is 2.45 bits per heavy atom. The Bertz CT molecular complexity index is 459. The van der Waals surface area contributed by atoms with E-state index in [1.54, 1.807) is 0 Å². The third kappa shape index (κ3) is 3.51. The molecule has 0 unspecified atom stereocenters. The molecule has 0 aromatic carbocycles. The molecule has 2 rings (SSSR count). The van der Waals surface area contributed by atoms with Gasteiger partial charge in [-0.25, -0.2) is 8.42 Å². The van der Waals surface area contributed by atoms with E-state index in [4.69, 9.17) is 4.74 Å². The van der Waals surface area contributed by atoms with E-state index in [1.165, 1.54) is 0 Å². The van der Waals surface area contributed by atoms with Crippen LogP contribution in [0, 0.1) is 11.3 Å². The first-order valence-corrected chi connectivity index (χ1v) is 10.7. The second-order valence-electron chi connectivity index (χ2n) is 7.20. The number of ether oxygens (including phenoxy) is 1. The molecule has 3 atom stereocenters. The first-order valence-electron chi connectivity index (χ1n) is 8.90. The Labute approximate surface area is 136 Å². The first kappa shape index (κ1) is 18.2. The molecule has 2 fully saturated rings. The minimum absolute atomic E-state index is 0.248. The maximum atomic E-state index is 11.8. The maximum absolute atomic E-state index is 11.8. The summed E-state index contributed by atoms with van der Waals surface area (Å²) in [4.78, 5) is 2.42. The van der Waals surface area contributed by atoms with Gasteiger partial charge in [-0.05, 0) is 52.0 Å². The van der Waals surface area contributed by atoms with E-state index in [0.29, 0.717) is 29.6 Å². The van der Waals surface area contributed by atoms with Crippen molar-refractivity contribution in [2.45, 2.75) is 65.0 Å². The lowest BCUT2D eigenvalue weighted by molar-refractivity contribution is -0.168. The van der Waals surface area contributed by atoms with Crippen LogP contribution >= 0.6 is 0 Å². The number of nitrogens with zero attached hydrogens (tertiary/aromatic N) is 1. The van der Waals surface area contributed by atoms with Gasteiger partial charge in [0.05, 0.1) is 17.6 Å². The van der Waals surface area contributed by atoms with Crippen molar-refractivity contribution in [1.29, 1.82) is 0 Å². The van der Waals surface area contributed by atoms with E-state index >= 15 is 0 Å². The summed E-state index contributed by atoms with van der Waals surface area (Å²) in [7, 11) is -0.628. The van der Waals surface area contributed by atoms with Gasteiger partial charge in [-0.15, -0.1) is 0 Å². The van der Waals surface area contributed by atoms with Crippen LogP contribution in [-0.2, 0) is 14.6 Å². The van der Waals surface area contributed by atoms with Gasteiger partial charge in [0.2, 0.25) is 0 Å². The van der Waals surface area contributed by atoms with Crippen LogP contribution in [0.1, 0.15) is 52.9 Å². The molecule has 130 valence electrons. The minimum atomic E-state index is -2.80. The molecule has 1 saturated heterocycles. The van der Waals surface area contributed by atoms with E-state index in [-0.39, 0.29) is 5.41 Å². The topological polar surface area (TPSA) is 46.6 Å². The Balaban J connectivity index is 1.98. The van der Waals surface area contributed by atoms with Crippen LogP contribution in [-0.4, -0.2) is 57.2 Å². The third-order valence-corrected chi connectivity index (χ3v) is 7.95. The SMILES string of the molecule is CCO[C@@H]1C[C@H](N(C)C[C@@H]2CCCS(=O)(=O)C2)C1(CC)CC. The monoisotopic (exact) mass is 331 g/mol. The molecule has 0 aromatic heterocycles. The highest BCUT2D eigenvalue weighted by Gasteiger charge is 2.54. The summed E-state index contributed by atoms with van der Waals surface area (Å²) in [5, 5.41) is 0. The van der Waals surface area contributed by atoms with Crippen molar-refractivity contribution in [3.8, 4) is 0 Å². The van der Waals surface area contributed by atoms with Crippen LogP contribution in [0.15, 0.2) is 0 Å². The van der Waals surface area contributed by atoms with Gasteiger partial charge in [0.25, 0.3) is 0 Å². The van der Waals surface area contributed by atoms with Crippen LogP contribution in [0.25, 0.3) is 0 Å². The minimum Gasteiger partial charge on any atom is -0.378 e. The second-order valence-corrected chi connectivity index (χ2v) is 9.43. The quantitative estimate of drug-likeness (QED) is 0.720. The number of rotatable bonds is 7. The molecule has 1 saturated carbocycles. The van der Waals surface area contributed by atoms with Gasteiger partial charge in [0.15, 0.2) is 9.84 Å². The summed E-state index contributed by atoms with van der Waals surface area (Å²) in [5.41, 5.74) is 0.248. The van der Waals surface area contributed by atoms with Crippen LogP contribution in [0.5, 0.6) is 0 Å². The van der Waals surface area contributed by atoms with E-state index in [2.05, 4.69) is 32.7 Å². The van der Waals surface area contributed by atoms with Gasteiger partial charge in [-0.2, -0.15) is 0 Å². The van der Waals surface area contributed by atoms with E-state index in [1.807, 2.05) is 0 Å². The van der Waals surface area contributed by atoms with Crippen LogP contribution in [0.3, 0.4) is 0 Å². The molecule has 1 heterocycles. The number of hydrogen-bond acceptors (Lipinski definition) is 4. The predicted octanol–water partition coefficient (Wildman–Crippen LogP) is 2.73. The standard InChI is InChI=1S/C17H33NO3S/c1-5-17(6-2)15(11-16(17)21-7-3)18(4)12-14-9-8-10-22(19,20)13-14/h14-16H,5-13H2,1-4H3/t14-,15-,16+/m0/s1. The highest BCUT2D eigenvalue weighted by Crippen LogP contribution is 2.51. The fourth-order valence-corrected chi connectivity index (χ4v) is 6.52. The molecule has 0 aromatic rings. The molecule has 0 radical (unpaired) electrons. The average molecular weight is 332 g/mol. The van der Waals surface area contributed by atoms with E-state index < -0.39 is 9.84 Å². The molecule has 0 bridgehead atoms. The van der Waals surface area contributed by atoms with Crippen molar-refractivity contribution in [3.05, 3.63) is 0 Å². The largest absolute Gasteiger partial charge is 0.378 e. The van der Waals surface area contributed by atoms with Crippen LogP contribution < -0.4 is 0 Å². The smallest absolute Gasteiger partial charge is 0.150 e. The highest BCUT2D eigenvalue weighted by molar-refractivity contribution is 7.91. The first-order chi connectivity index (χ1) is 10.4. The molecule has 4 nitrogen and oxygen atoms in total. The van der Waals surface area contributed by atoms with Gasteiger partial charge in [0.1, 0.15) is 0 Å². The molecule has 2 aliphatic rings. The van der Waals surface area contributed by atoms with E-state index in [0.717, 1.165) is 45.3 Å². The van der Waals surface area contributed by atoms with E-state index in [9.17, 15) is 8.42 Å². The molecule has 0 N–H and O–H groups in total. The second kappa shape index (κ2) is 7.18. The van der Waals surface area contributed by atoms with Crippen molar-refractivity contribution in [2.75, 3.05) is 31.7 Å². The summed E-state index contributed by atoms with van der Waals surface area (Å²) < 4.78 is 29.6. The van der Waals surface area contributed by atoms with Crippen molar-refractivity contribution in [1.82, 2.24) is 4.90 Å². The number of hydrogen-bond donors (Lipinski definition) is 0. The Morgan fingerprint density at radius 2 is 1.91 bits per heavy atom. The molecule has 0 spiro atoms. The lowest BCUT2D eigenvalue weighted by Crippen LogP contribution is -2.64.